The molecule has 1 unspecified atom stereocenters. The van der Waals surface area contributed by atoms with E-state index in [9.17, 15) is 0 Å². The molecule has 1 saturated carbocycles. The lowest BCUT2D eigenvalue weighted by atomic mass is 9.95. The van der Waals surface area contributed by atoms with Crippen LogP contribution in [0.4, 0.5) is 11.6 Å². The van der Waals surface area contributed by atoms with Gasteiger partial charge in [-0.2, -0.15) is 0 Å². The first-order valence-corrected chi connectivity index (χ1v) is 7.91. The van der Waals surface area contributed by atoms with Crippen molar-refractivity contribution in [3.05, 3.63) is 11.4 Å². The highest BCUT2D eigenvalue weighted by Gasteiger charge is 2.31. The minimum atomic E-state index is 0.602. The topological polar surface area (TPSA) is 41.1 Å². The van der Waals surface area contributed by atoms with Gasteiger partial charge in [0, 0.05) is 31.6 Å². The fraction of sp³-hybridized carbons (Fsp3) is 0.750. The molecular formula is C16H26N4. The lowest BCUT2D eigenvalue weighted by Gasteiger charge is -2.22. The van der Waals surface area contributed by atoms with E-state index >= 15 is 0 Å². The molecular weight excluding hydrogens is 248 g/mol. The molecule has 1 aliphatic carbocycles. The van der Waals surface area contributed by atoms with Crippen LogP contribution in [0.1, 0.15) is 50.4 Å². The number of nitrogens with one attached hydrogen (secondary N) is 1. The number of anilines is 2. The van der Waals surface area contributed by atoms with E-state index in [0.29, 0.717) is 5.92 Å². The third kappa shape index (κ3) is 2.48. The molecule has 1 N–H and O–H groups in total. The molecule has 1 saturated heterocycles. The minimum absolute atomic E-state index is 0.602. The molecule has 1 aromatic heterocycles. The predicted octanol–water partition coefficient (Wildman–Crippen LogP) is 3.19. The second kappa shape index (κ2) is 5.23. The molecule has 110 valence electrons. The van der Waals surface area contributed by atoms with Crippen LogP contribution in [-0.4, -0.2) is 30.1 Å². The van der Waals surface area contributed by atoms with Gasteiger partial charge in [0.1, 0.15) is 17.5 Å². The first kappa shape index (κ1) is 13.7. The van der Waals surface area contributed by atoms with Crippen LogP contribution in [0.5, 0.6) is 0 Å². The minimum Gasteiger partial charge on any atom is -0.373 e. The standard InChI is InChI=1S/C16H26N4/c1-10(2)13-7-8-20(9-13)16-11(3)14(17-4)18-15(19-16)12-5-6-12/h10,12-13H,5-9H2,1-4H3,(H,17,18,19). The fourth-order valence-electron chi connectivity index (χ4n) is 3.12. The zero-order valence-electron chi connectivity index (χ0n) is 13.1. The fourth-order valence-corrected chi connectivity index (χ4v) is 3.12. The highest BCUT2D eigenvalue weighted by molar-refractivity contribution is 5.59. The van der Waals surface area contributed by atoms with Crippen LogP contribution >= 0.6 is 0 Å². The maximum absolute atomic E-state index is 4.89. The second-order valence-electron chi connectivity index (χ2n) is 6.64. The van der Waals surface area contributed by atoms with Gasteiger partial charge in [-0.1, -0.05) is 13.8 Å². The maximum atomic E-state index is 4.89. The van der Waals surface area contributed by atoms with Crippen molar-refractivity contribution < 1.29 is 0 Å². The van der Waals surface area contributed by atoms with Crippen LogP contribution in [-0.2, 0) is 0 Å². The molecule has 1 atom stereocenters. The first-order valence-electron chi connectivity index (χ1n) is 7.91. The zero-order chi connectivity index (χ0) is 14.3. The molecule has 0 spiro atoms. The summed E-state index contributed by atoms with van der Waals surface area (Å²) in [7, 11) is 1.96. The molecule has 3 rings (SSSR count). The quantitative estimate of drug-likeness (QED) is 0.915. The van der Waals surface area contributed by atoms with Crippen molar-refractivity contribution in [2.45, 2.75) is 46.0 Å². The SMILES string of the molecule is CNc1nc(C2CC2)nc(N2CCC(C(C)C)C2)c1C. The van der Waals surface area contributed by atoms with Crippen molar-refractivity contribution in [1.29, 1.82) is 0 Å². The zero-order valence-corrected chi connectivity index (χ0v) is 13.1. The van der Waals surface area contributed by atoms with Gasteiger partial charge in [-0.05, 0) is 38.0 Å². The summed E-state index contributed by atoms with van der Waals surface area (Å²) in [6.45, 7) is 9.07. The van der Waals surface area contributed by atoms with Gasteiger partial charge >= 0.3 is 0 Å². The van der Waals surface area contributed by atoms with Crippen molar-refractivity contribution in [1.82, 2.24) is 9.97 Å². The van der Waals surface area contributed by atoms with Crippen LogP contribution in [0.2, 0.25) is 0 Å². The largest absolute Gasteiger partial charge is 0.373 e. The Morgan fingerprint density at radius 2 is 1.95 bits per heavy atom. The van der Waals surface area contributed by atoms with Crippen molar-refractivity contribution in [3.8, 4) is 0 Å². The molecule has 0 amide bonds. The van der Waals surface area contributed by atoms with E-state index in [1.54, 1.807) is 0 Å². The normalized spacial score (nSPS) is 22.6. The van der Waals surface area contributed by atoms with Crippen molar-refractivity contribution in [2.75, 3.05) is 30.4 Å². The average Bonchev–Trinajstić information content (AvgIpc) is 3.16. The summed E-state index contributed by atoms with van der Waals surface area (Å²) < 4.78 is 0. The lowest BCUT2D eigenvalue weighted by molar-refractivity contribution is 0.422. The van der Waals surface area contributed by atoms with Crippen LogP contribution in [0.25, 0.3) is 0 Å². The Kier molecular flexibility index (Phi) is 3.57. The van der Waals surface area contributed by atoms with E-state index < -0.39 is 0 Å². The molecule has 4 nitrogen and oxygen atoms in total. The van der Waals surface area contributed by atoms with Crippen LogP contribution in [0.15, 0.2) is 0 Å². The molecule has 4 heteroatoms. The van der Waals surface area contributed by atoms with Gasteiger partial charge in [0.2, 0.25) is 0 Å². The Morgan fingerprint density at radius 1 is 1.20 bits per heavy atom. The van der Waals surface area contributed by atoms with E-state index in [0.717, 1.165) is 42.4 Å². The number of hydrogen-bond acceptors (Lipinski definition) is 4. The molecule has 2 fully saturated rings. The predicted molar refractivity (Wildman–Crippen MR) is 83.4 cm³/mol. The summed E-state index contributed by atoms with van der Waals surface area (Å²) in [6.07, 6.45) is 3.79. The summed E-state index contributed by atoms with van der Waals surface area (Å²) in [5.41, 5.74) is 1.20. The summed E-state index contributed by atoms with van der Waals surface area (Å²) in [6, 6.07) is 0. The molecule has 0 aromatic carbocycles. The molecule has 20 heavy (non-hydrogen) atoms. The summed E-state index contributed by atoms with van der Waals surface area (Å²) in [4.78, 5) is 12.1. The Hall–Kier alpha value is -1.32. The van der Waals surface area contributed by atoms with Crippen molar-refractivity contribution >= 4 is 11.6 Å². The summed E-state index contributed by atoms with van der Waals surface area (Å²) >= 11 is 0. The van der Waals surface area contributed by atoms with Gasteiger partial charge in [0.25, 0.3) is 0 Å². The van der Waals surface area contributed by atoms with Crippen molar-refractivity contribution in [3.63, 3.8) is 0 Å². The molecule has 1 aliphatic heterocycles. The van der Waals surface area contributed by atoms with Crippen LogP contribution < -0.4 is 10.2 Å². The second-order valence-corrected chi connectivity index (χ2v) is 6.64. The summed E-state index contributed by atoms with van der Waals surface area (Å²) in [5.74, 6) is 5.37. The van der Waals surface area contributed by atoms with E-state index in [1.807, 2.05) is 7.05 Å². The smallest absolute Gasteiger partial charge is 0.137 e. The third-order valence-corrected chi connectivity index (χ3v) is 4.78. The Morgan fingerprint density at radius 3 is 2.50 bits per heavy atom. The van der Waals surface area contributed by atoms with E-state index in [4.69, 9.17) is 9.97 Å². The highest BCUT2D eigenvalue weighted by atomic mass is 15.2. The average molecular weight is 274 g/mol. The number of rotatable bonds is 4. The summed E-state index contributed by atoms with van der Waals surface area (Å²) in [5, 5.41) is 3.24. The van der Waals surface area contributed by atoms with Crippen LogP contribution in [0.3, 0.4) is 0 Å². The van der Waals surface area contributed by atoms with E-state index in [2.05, 4.69) is 31.0 Å². The monoisotopic (exact) mass is 274 g/mol. The lowest BCUT2D eigenvalue weighted by Crippen LogP contribution is -2.24. The Labute approximate surface area is 122 Å². The van der Waals surface area contributed by atoms with E-state index in [-0.39, 0.29) is 0 Å². The third-order valence-electron chi connectivity index (χ3n) is 4.78. The highest BCUT2D eigenvalue weighted by Crippen LogP contribution is 2.40. The number of hydrogen-bond donors (Lipinski definition) is 1. The molecule has 0 radical (unpaired) electrons. The molecule has 2 heterocycles. The Bertz CT molecular complexity index is 493. The van der Waals surface area contributed by atoms with Crippen LogP contribution in [0, 0.1) is 18.8 Å². The molecule has 1 aromatic rings. The van der Waals surface area contributed by atoms with Gasteiger partial charge in [-0.3, -0.25) is 0 Å². The first-order chi connectivity index (χ1) is 9.60. The van der Waals surface area contributed by atoms with Gasteiger partial charge < -0.3 is 10.2 Å². The molecule has 2 aliphatic rings. The van der Waals surface area contributed by atoms with Gasteiger partial charge in [0.15, 0.2) is 0 Å². The Balaban J connectivity index is 1.90. The van der Waals surface area contributed by atoms with E-state index in [1.165, 1.54) is 24.8 Å². The van der Waals surface area contributed by atoms with Crippen molar-refractivity contribution in [2.24, 2.45) is 11.8 Å². The number of aromatic nitrogens is 2. The molecule has 0 bridgehead atoms. The van der Waals surface area contributed by atoms with Gasteiger partial charge in [-0.25, -0.2) is 9.97 Å². The van der Waals surface area contributed by atoms with Gasteiger partial charge in [-0.15, -0.1) is 0 Å². The maximum Gasteiger partial charge on any atom is 0.137 e. The number of nitrogens with zero attached hydrogens (tertiary/aromatic N) is 3. The van der Waals surface area contributed by atoms with Gasteiger partial charge in [0.05, 0.1) is 0 Å².